The monoisotopic (exact) mass is 231 g/mol. The number of aliphatic hydroxyl groups excluding tert-OH is 2. The molecule has 15 heavy (non-hydrogen) atoms. The fourth-order valence-corrected chi connectivity index (χ4v) is 2.09. The molecule has 1 aromatic rings. The summed E-state index contributed by atoms with van der Waals surface area (Å²) in [6, 6.07) is 0. The fraction of sp³-hybridized carbons (Fsp3) is 0.714. The van der Waals surface area contributed by atoms with E-state index >= 15 is 0 Å². The molecular weight excluding hydrogens is 218 g/mol. The number of hydrogen-bond acceptors (Lipinski definition) is 8. The molecule has 1 aromatic heterocycles. The molecule has 0 saturated carbocycles. The van der Waals surface area contributed by atoms with E-state index < -0.39 is 12.2 Å². The van der Waals surface area contributed by atoms with Gasteiger partial charge >= 0.3 is 0 Å². The molecule has 0 radical (unpaired) electrons. The van der Waals surface area contributed by atoms with Crippen molar-refractivity contribution < 1.29 is 10.2 Å². The van der Waals surface area contributed by atoms with Gasteiger partial charge in [-0.3, -0.25) is 4.90 Å². The van der Waals surface area contributed by atoms with E-state index in [1.165, 1.54) is 11.5 Å². The molecule has 1 saturated heterocycles. The van der Waals surface area contributed by atoms with Gasteiger partial charge in [0, 0.05) is 31.2 Å². The van der Waals surface area contributed by atoms with Crippen LogP contribution in [0.5, 0.6) is 0 Å². The van der Waals surface area contributed by atoms with E-state index in [0.29, 0.717) is 24.6 Å². The van der Waals surface area contributed by atoms with Crippen molar-refractivity contribution in [3.63, 3.8) is 0 Å². The Hall–Kier alpha value is -0.800. The van der Waals surface area contributed by atoms with Gasteiger partial charge < -0.3 is 15.6 Å². The maximum absolute atomic E-state index is 9.36. The minimum Gasteiger partial charge on any atom is -0.389 e. The molecule has 2 rings (SSSR count). The van der Waals surface area contributed by atoms with Crippen LogP contribution in [-0.2, 0) is 6.54 Å². The summed E-state index contributed by atoms with van der Waals surface area (Å²) in [5.41, 5.74) is 3.25. The van der Waals surface area contributed by atoms with Crippen LogP contribution in [0.3, 0.4) is 0 Å². The van der Waals surface area contributed by atoms with Crippen molar-refractivity contribution in [1.82, 2.24) is 14.5 Å². The number of nitrogens with zero attached hydrogens (tertiary/aromatic N) is 3. The predicted molar refractivity (Wildman–Crippen MR) is 55.0 cm³/mol. The highest BCUT2D eigenvalue weighted by atomic mass is 32.1. The molecule has 5 N–H and O–H groups in total. The summed E-state index contributed by atoms with van der Waals surface area (Å²) in [5, 5.41) is 23.4. The Morgan fingerprint density at radius 3 is 2.73 bits per heavy atom. The topological polar surface area (TPSA) is 108 Å². The summed E-state index contributed by atoms with van der Waals surface area (Å²) < 4.78 is 3.77. The molecule has 2 heterocycles. The minimum absolute atomic E-state index is 0.447. The number of rotatable bonds is 3. The second-order valence-electron chi connectivity index (χ2n) is 3.52. The quantitative estimate of drug-likeness (QED) is 0.365. The lowest BCUT2D eigenvalue weighted by Crippen LogP contribution is -2.22. The number of nitrogens with one attached hydrogen (secondary N) is 1. The van der Waals surface area contributed by atoms with Crippen molar-refractivity contribution in [2.24, 2.45) is 5.84 Å². The van der Waals surface area contributed by atoms with Crippen molar-refractivity contribution in [2.45, 2.75) is 18.8 Å². The number of nitrogen functional groups attached to an aromatic ring is 1. The molecule has 7 nitrogen and oxygen atoms in total. The SMILES string of the molecule is NNc1snnc1CN1CC(O)C(O)C1. The Kier molecular flexibility index (Phi) is 3.12. The van der Waals surface area contributed by atoms with Gasteiger partial charge in [0.1, 0.15) is 10.7 Å². The molecular formula is C7H13N5O2S. The highest BCUT2D eigenvalue weighted by Crippen LogP contribution is 2.20. The summed E-state index contributed by atoms with van der Waals surface area (Å²) in [5.74, 6) is 5.29. The Bertz CT molecular complexity index is 323. The van der Waals surface area contributed by atoms with Gasteiger partial charge in [0.05, 0.1) is 12.2 Å². The van der Waals surface area contributed by atoms with Crippen LogP contribution in [0.15, 0.2) is 0 Å². The lowest BCUT2D eigenvalue weighted by molar-refractivity contribution is 0.0572. The van der Waals surface area contributed by atoms with Gasteiger partial charge in [-0.15, -0.1) is 5.10 Å². The van der Waals surface area contributed by atoms with Crippen LogP contribution in [0.2, 0.25) is 0 Å². The van der Waals surface area contributed by atoms with Crippen LogP contribution < -0.4 is 11.3 Å². The van der Waals surface area contributed by atoms with Gasteiger partial charge in [-0.25, -0.2) is 5.84 Å². The molecule has 1 aliphatic heterocycles. The molecule has 2 atom stereocenters. The molecule has 0 amide bonds. The van der Waals surface area contributed by atoms with Crippen LogP contribution in [0.25, 0.3) is 0 Å². The van der Waals surface area contributed by atoms with Crippen molar-refractivity contribution in [3.05, 3.63) is 5.69 Å². The lowest BCUT2D eigenvalue weighted by Gasteiger charge is -2.12. The zero-order valence-corrected chi connectivity index (χ0v) is 8.81. The first-order valence-corrected chi connectivity index (χ1v) is 5.34. The molecule has 0 bridgehead atoms. The highest BCUT2D eigenvalue weighted by Gasteiger charge is 2.30. The highest BCUT2D eigenvalue weighted by molar-refractivity contribution is 7.10. The van der Waals surface area contributed by atoms with Gasteiger partial charge in [-0.2, -0.15) is 0 Å². The zero-order valence-electron chi connectivity index (χ0n) is 8.00. The van der Waals surface area contributed by atoms with E-state index in [4.69, 9.17) is 5.84 Å². The number of aromatic nitrogens is 2. The molecule has 0 spiro atoms. The van der Waals surface area contributed by atoms with Crippen molar-refractivity contribution in [1.29, 1.82) is 0 Å². The maximum atomic E-state index is 9.36. The number of hydrazine groups is 1. The largest absolute Gasteiger partial charge is 0.389 e. The number of nitrogens with two attached hydrogens (primary N) is 1. The van der Waals surface area contributed by atoms with Gasteiger partial charge in [0.2, 0.25) is 0 Å². The summed E-state index contributed by atoms with van der Waals surface area (Å²) in [6.45, 7) is 1.43. The molecule has 0 aromatic carbocycles. The second-order valence-corrected chi connectivity index (χ2v) is 4.28. The third kappa shape index (κ3) is 2.24. The fourth-order valence-electron chi connectivity index (χ4n) is 1.61. The maximum Gasteiger partial charge on any atom is 0.148 e. The number of anilines is 1. The number of likely N-dealkylation sites (tertiary alicyclic amines) is 1. The van der Waals surface area contributed by atoms with Gasteiger partial charge in [0.25, 0.3) is 0 Å². The van der Waals surface area contributed by atoms with Crippen LogP contribution in [0.4, 0.5) is 5.00 Å². The summed E-state index contributed by atoms with van der Waals surface area (Å²) in [6.07, 6.45) is -1.35. The molecule has 1 aliphatic rings. The van der Waals surface area contributed by atoms with Gasteiger partial charge in [-0.1, -0.05) is 4.49 Å². The average molecular weight is 231 g/mol. The van der Waals surface area contributed by atoms with E-state index in [1.54, 1.807) is 0 Å². The first-order valence-electron chi connectivity index (χ1n) is 4.57. The Morgan fingerprint density at radius 1 is 1.47 bits per heavy atom. The van der Waals surface area contributed by atoms with Gasteiger partial charge in [-0.05, 0) is 0 Å². The van der Waals surface area contributed by atoms with Gasteiger partial charge in [0.15, 0.2) is 0 Å². The van der Waals surface area contributed by atoms with E-state index in [0.717, 1.165) is 5.69 Å². The van der Waals surface area contributed by atoms with Crippen molar-refractivity contribution in [3.8, 4) is 0 Å². The van der Waals surface area contributed by atoms with Crippen LogP contribution >= 0.6 is 11.5 Å². The first-order chi connectivity index (χ1) is 7.20. The molecule has 0 aliphatic carbocycles. The zero-order chi connectivity index (χ0) is 10.8. The molecule has 1 fully saturated rings. The van der Waals surface area contributed by atoms with Crippen molar-refractivity contribution >= 4 is 16.5 Å². The lowest BCUT2D eigenvalue weighted by atomic mass is 10.3. The third-order valence-electron chi connectivity index (χ3n) is 2.39. The van der Waals surface area contributed by atoms with E-state index in [1.807, 2.05) is 4.90 Å². The number of β-amino-alcohol motifs (C(OH)–C–C–N with tert-alkyl or cyclic N) is 2. The predicted octanol–water partition coefficient (Wildman–Crippen LogP) is -1.64. The van der Waals surface area contributed by atoms with E-state index in [-0.39, 0.29) is 0 Å². The van der Waals surface area contributed by atoms with E-state index in [2.05, 4.69) is 15.0 Å². The number of hydrogen-bond donors (Lipinski definition) is 4. The number of aliphatic hydroxyl groups is 2. The summed E-state index contributed by atoms with van der Waals surface area (Å²) in [7, 11) is 0. The third-order valence-corrected chi connectivity index (χ3v) is 3.09. The standard InChI is InChI=1S/C7H13N5O2S/c8-9-7-4(10-11-15-7)1-12-2-5(13)6(14)3-12/h5-6,9,13-14H,1-3,8H2. The Labute approximate surface area is 90.6 Å². The molecule has 2 unspecified atom stereocenters. The average Bonchev–Trinajstić information content (AvgIpc) is 2.75. The summed E-state index contributed by atoms with van der Waals surface area (Å²) >= 11 is 1.19. The minimum atomic E-state index is -0.675. The summed E-state index contributed by atoms with van der Waals surface area (Å²) in [4.78, 5) is 1.91. The normalized spacial score (nSPS) is 27.1. The second kappa shape index (κ2) is 4.37. The van der Waals surface area contributed by atoms with Crippen LogP contribution in [0, 0.1) is 0 Å². The smallest absolute Gasteiger partial charge is 0.148 e. The van der Waals surface area contributed by atoms with Crippen LogP contribution in [-0.4, -0.2) is 50.0 Å². The Morgan fingerprint density at radius 2 is 2.13 bits per heavy atom. The van der Waals surface area contributed by atoms with E-state index in [9.17, 15) is 10.2 Å². The first kappa shape index (κ1) is 10.7. The Balaban J connectivity index is 1.98. The molecule has 8 heteroatoms. The van der Waals surface area contributed by atoms with Crippen molar-refractivity contribution in [2.75, 3.05) is 18.5 Å². The van der Waals surface area contributed by atoms with Crippen LogP contribution in [0.1, 0.15) is 5.69 Å². The molecule has 84 valence electrons.